The van der Waals surface area contributed by atoms with Crippen molar-refractivity contribution in [2.75, 3.05) is 5.32 Å². The molecule has 1 fully saturated rings. The minimum Gasteiger partial charge on any atom is -0.481 e. The number of hydrogen-bond acceptors (Lipinski definition) is 4. The number of nitrogens with zero attached hydrogens (tertiary/aromatic N) is 2. The monoisotopic (exact) mass is 297 g/mol. The first-order valence-electron chi connectivity index (χ1n) is 7.59. The summed E-state index contributed by atoms with van der Waals surface area (Å²) in [6.45, 7) is 0. The molecule has 3 rings (SSSR count). The lowest BCUT2D eigenvalue weighted by Gasteiger charge is -2.27. The minimum absolute atomic E-state index is 0.195. The van der Waals surface area contributed by atoms with Gasteiger partial charge in [0, 0.05) is 11.6 Å². The Balaban J connectivity index is 1.66. The zero-order valence-electron chi connectivity index (χ0n) is 12.3. The van der Waals surface area contributed by atoms with Gasteiger partial charge in [-0.15, -0.1) is 0 Å². The summed E-state index contributed by atoms with van der Waals surface area (Å²) in [7, 11) is 0. The fourth-order valence-electron chi connectivity index (χ4n) is 2.88. The van der Waals surface area contributed by atoms with Crippen molar-refractivity contribution in [3.63, 3.8) is 0 Å². The topological polar surface area (TPSA) is 75.1 Å². The molecule has 1 aromatic carbocycles. The van der Waals surface area contributed by atoms with Gasteiger partial charge in [-0.3, -0.25) is 9.78 Å². The summed E-state index contributed by atoms with van der Waals surface area (Å²) in [5.74, 6) is -0.121. The Hall–Kier alpha value is -2.43. The van der Waals surface area contributed by atoms with E-state index in [4.69, 9.17) is 5.11 Å². The van der Waals surface area contributed by atoms with Gasteiger partial charge >= 0.3 is 5.97 Å². The Labute approximate surface area is 129 Å². The van der Waals surface area contributed by atoms with Gasteiger partial charge in [0.05, 0.1) is 24.0 Å². The smallest absolute Gasteiger partial charge is 0.306 e. The number of aromatic nitrogens is 2. The zero-order chi connectivity index (χ0) is 15.4. The standard InChI is InChI=1S/C17H19N3O2/c21-17(22)13-6-8-14(9-7-13)19-16-11-18-10-15(20-16)12-4-2-1-3-5-12/h1-5,10-11,13-14H,6-9H2,(H,19,20)(H,21,22). The number of aliphatic carboxylic acids is 1. The van der Waals surface area contributed by atoms with Crippen LogP contribution in [-0.2, 0) is 4.79 Å². The first-order valence-corrected chi connectivity index (χ1v) is 7.59. The van der Waals surface area contributed by atoms with E-state index >= 15 is 0 Å². The van der Waals surface area contributed by atoms with Gasteiger partial charge in [0.1, 0.15) is 5.82 Å². The molecule has 0 radical (unpaired) electrons. The van der Waals surface area contributed by atoms with Gasteiger partial charge in [0.25, 0.3) is 0 Å². The molecule has 22 heavy (non-hydrogen) atoms. The van der Waals surface area contributed by atoms with Crippen molar-refractivity contribution in [3.8, 4) is 11.3 Å². The second kappa shape index (κ2) is 6.56. The Morgan fingerprint density at radius 1 is 1.09 bits per heavy atom. The molecule has 1 aliphatic carbocycles. The zero-order valence-corrected chi connectivity index (χ0v) is 12.3. The number of carboxylic acid groups (broad SMARTS) is 1. The molecule has 2 aromatic rings. The summed E-state index contributed by atoms with van der Waals surface area (Å²) < 4.78 is 0. The summed E-state index contributed by atoms with van der Waals surface area (Å²) in [5.41, 5.74) is 1.87. The lowest BCUT2D eigenvalue weighted by Crippen LogP contribution is -2.29. The second-order valence-electron chi connectivity index (χ2n) is 5.69. The van der Waals surface area contributed by atoms with Gasteiger partial charge in [-0.2, -0.15) is 0 Å². The fourth-order valence-corrected chi connectivity index (χ4v) is 2.88. The molecule has 1 heterocycles. The summed E-state index contributed by atoms with van der Waals surface area (Å²) >= 11 is 0. The molecule has 5 heteroatoms. The Morgan fingerprint density at radius 3 is 2.50 bits per heavy atom. The largest absolute Gasteiger partial charge is 0.481 e. The van der Waals surface area contributed by atoms with Crippen LogP contribution in [0.2, 0.25) is 0 Å². The van der Waals surface area contributed by atoms with Crippen molar-refractivity contribution in [1.29, 1.82) is 0 Å². The molecule has 2 N–H and O–H groups in total. The number of carbonyl (C=O) groups is 1. The normalized spacial score (nSPS) is 21.3. The highest BCUT2D eigenvalue weighted by molar-refractivity contribution is 5.70. The molecule has 0 unspecified atom stereocenters. The van der Waals surface area contributed by atoms with E-state index in [0.717, 1.165) is 42.8 Å². The Morgan fingerprint density at radius 2 is 1.82 bits per heavy atom. The molecule has 114 valence electrons. The summed E-state index contributed by atoms with van der Waals surface area (Å²) in [5, 5.41) is 12.4. The van der Waals surface area contributed by atoms with Crippen LogP contribution in [0.3, 0.4) is 0 Å². The van der Waals surface area contributed by atoms with Crippen molar-refractivity contribution >= 4 is 11.8 Å². The number of benzene rings is 1. The van der Waals surface area contributed by atoms with Crippen molar-refractivity contribution in [1.82, 2.24) is 9.97 Å². The predicted molar refractivity (Wildman–Crippen MR) is 84.5 cm³/mol. The molecule has 0 bridgehead atoms. The van der Waals surface area contributed by atoms with E-state index in [1.165, 1.54) is 0 Å². The molecule has 5 nitrogen and oxygen atoms in total. The molecule has 0 atom stereocenters. The second-order valence-corrected chi connectivity index (χ2v) is 5.69. The van der Waals surface area contributed by atoms with E-state index in [0.29, 0.717) is 0 Å². The van der Waals surface area contributed by atoms with E-state index in [1.807, 2.05) is 30.3 Å². The number of carboxylic acids is 1. The van der Waals surface area contributed by atoms with Gasteiger partial charge in [-0.05, 0) is 25.7 Å². The van der Waals surface area contributed by atoms with E-state index in [9.17, 15) is 4.79 Å². The van der Waals surface area contributed by atoms with Crippen LogP contribution in [0, 0.1) is 5.92 Å². The van der Waals surface area contributed by atoms with Crippen LogP contribution in [0.25, 0.3) is 11.3 Å². The van der Waals surface area contributed by atoms with Crippen molar-refractivity contribution in [3.05, 3.63) is 42.7 Å². The van der Waals surface area contributed by atoms with Crippen molar-refractivity contribution in [2.24, 2.45) is 5.92 Å². The maximum absolute atomic E-state index is 11.0. The number of rotatable bonds is 4. The van der Waals surface area contributed by atoms with Crippen LogP contribution < -0.4 is 5.32 Å². The maximum atomic E-state index is 11.0. The number of hydrogen-bond donors (Lipinski definition) is 2. The molecule has 0 amide bonds. The molecule has 0 aliphatic heterocycles. The molecular weight excluding hydrogens is 278 g/mol. The minimum atomic E-state index is -0.677. The lowest BCUT2D eigenvalue weighted by molar-refractivity contribution is -0.142. The highest BCUT2D eigenvalue weighted by atomic mass is 16.4. The molecule has 0 spiro atoms. The molecule has 1 saturated carbocycles. The lowest BCUT2D eigenvalue weighted by atomic mass is 9.86. The van der Waals surface area contributed by atoms with Gasteiger partial charge < -0.3 is 10.4 Å². The highest BCUT2D eigenvalue weighted by Crippen LogP contribution is 2.26. The summed E-state index contributed by atoms with van der Waals surface area (Å²) in [4.78, 5) is 19.8. The van der Waals surface area contributed by atoms with Gasteiger partial charge in [-0.1, -0.05) is 30.3 Å². The average Bonchev–Trinajstić information content (AvgIpc) is 2.56. The van der Waals surface area contributed by atoms with E-state index in [-0.39, 0.29) is 12.0 Å². The third-order valence-electron chi connectivity index (χ3n) is 4.13. The predicted octanol–water partition coefficient (Wildman–Crippen LogP) is 3.20. The van der Waals surface area contributed by atoms with Crippen LogP contribution >= 0.6 is 0 Å². The number of nitrogens with one attached hydrogen (secondary N) is 1. The number of anilines is 1. The SMILES string of the molecule is O=C(O)C1CCC(Nc2cncc(-c3ccccc3)n2)CC1. The third kappa shape index (κ3) is 3.42. The first kappa shape index (κ1) is 14.5. The van der Waals surface area contributed by atoms with Gasteiger partial charge in [-0.25, -0.2) is 4.98 Å². The quantitative estimate of drug-likeness (QED) is 0.906. The van der Waals surface area contributed by atoms with E-state index in [2.05, 4.69) is 15.3 Å². The van der Waals surface area contributed by atoms with Gasteiger partial charge in [0.15, 0.2) is 0 Å². The first-order chi connectivity index (χ1) is 10.7. The van der Waals surface area contributed by atoms with Crippen LogP contribution in [0.15, 0.2) is 42.7 Å². The van der Waals surface area contributed by atoms with Crippen LogP contribution in [-0.4, -0.2) is 27.1 Å². The van der Waals surface area contributed by atoms with Crippen LogP contribution in [0.1, 0.15) is 25.7 Å². The Kier molecular flexibility index (Phi) is 4.32. The van der Waals surface area contributed by atoms with Crippen molar-refractivity contribution < 1.29 is 9.90 Å². The molecular formula is C17H19N3O2. The van der Waals surface area contributed by atoms with Gasteiger partial charge in [0.2, 0.25) is 0 Å². The highest BCUT2D eigenvalue weighted by Gasteiger charge is 2.25. The van der Waals surface area contributed by atoms with Crippen LogP contribution in [0.4, 0.5) is 5.82 Å². The summed E-state index contributed by atoms with van der Waals surface area (Å²) in [6, 6.07) is 10.2. The van der Waals surface area contributed by atoms with E-state index in [1.54, 1.807) is 12.4 Å². The third-order valence-corrected chi connectivity index (χ3v) is 4.13. The maximum Gasteiger partial charge on any atom is 0.306 e. The van der Waals surface area contributed by atoms with E-state index < -0.39 is 5.97 Å². The fraction of sp³-hybridized carbons (Fsp3) is 0.353. The summed E-state index contributed by atoms with van der Waals surface area (Å²) in [6.07, 6.45) is 6.62. The molecule has 1 aromatic heterocycles. The molecule has 0 saturated heterocycles. The van der Waals surface area contributed by atoms with Crippen LogP contribution in [0.5, 0.6) is 0 Å². The van der Waals surface area contributed by atoms with Crippen molar-refractivity contribution in [2.45, 2.75) is 31.7 Å². The molecule has 1 aliphatic rings. The Bertz CT molecular complexity index is 637. The average molecular weight is 297 g/mol.